The van der Waals surface area contributed by atoms with Crippen molar-refractivity contribution in [3.05, 3.63) is 77.9 Å². The number of nitrogens with zero attached hydrogens (tertiary/aromatic N) is 2. The van der Waals surface area contributed by atoms with Crippen LogP contribution in [0.4, 0.5) is 10.2 Å². The normalized spacial score (nSPS) is 14.4. The second-order valence-corrected chi connectivity index (χ2v) is 7.98. The molecule has 1 aliphatic carbocycles. The van der Waals surface area contributed by atoms with E-state index in [1.807, 2.05) is 30.3 Å². The van der Waals surface area contributed by atoms with E-state index in [2.05, 4.69) is 10.3 Å². The Morgan fingerprint density at radius 1 is 1.00 bits per heavy atom. The first-order valence-electron chi connectivity index (χ1n) is 10.6. The van der Waals surface area contributed by atoms with Gasteiger partial charge in [-0.3, -0.25) is 4.79 Å². The Morgan fingerprint density at radius 3 is 2.47 bits per heavy atom. The van der Waals surface area contributed by atoms with Gasteiger partial charge in [-0.2, -0.15) is 0 Å². The number of amides is 1. The van der Waals surface area contributed by atoms with Crippen LogP contribution in [0.3, 0.4) is 0 Å². The smallest absolute Gasteiger partial charge is 0.229 e. The topological polar surface area (TPSA) is 54.9 Å². The van der Waals surface area contributed by atoms with E-state index >= 15 is 0 Å². The predicted octanol–water partition coefficient (Wildman–Crippen LogP) is 5.59. The van der Waals surface area contributed by atoms with Gasteiger partial charge in [0.15, 0.2) is 5.82 Å². The molecule has 5 heteroatoms. The standard InChI is InChI=1S/C25H26FN3O/c26-21-13-11-20(12-14-21)23-17-27-25(22(28-23)15-18-7-3-1-4-8-18)29-24(30)16-19-9-5-2-6-10-19/h2,5-6,9-14,17-18H,1,3-4,7-8,15-16H2,(H,27,29,30). The molecular weight excluding hydrogens is 377 g/mol. The number of benzene rings is 2. The molecule has 4 rings (SSSR count). The van der Waals surface area contributed by atoms with Gasteiger partial charge in [-0.15, -0.1) is 0 Å². The van der Waals surface area contributed by atoms with E-state index in [0.29, 0.717) is 23.9 Å². The maximum atomic E-state index is 13.3. The summed E-state index contributed by atoms with van der Waals surface area (Å²) in [5.74, 6) is 0.711. The number of aromatic nitrogens is 2. The minimum Gasteiger partial charge on any atom is -0.309 e. The molecule has 0 radical (unpaired) electrons. The van der Waals surface area contributed by atoms with Crippen molar-refractivity contribution in [3.63, 3.8) is 0 Å². The largest absolute Gasteiger partial charge is 0.309 e. The summed E-state index contributed by atoms with van der Waals surface area (Å²) in [5.41, 5.74) is 3.28. The first-order valence-corrected chi connectivity index (χ1v) is 10.6. The molecule has 30 heavy (non-hydrogen) atoms. The minimum absolute atomic E-state index is 0.102. The van der Waals surface area contributed by atoms with Crippen molar-refractivity contribution < 1.29 is 9.18 Å². The zero-order valence-corrected chi connectivity index (χ0v) is 17.0. The molecule has 2 aromatic carbocycles. The lowest BCUT2D eigenvalue weighted by atomic mass is 9.86. The summed E-state index contributed by atoms with van der Waals surface area (Å²) < 4.78 is 13.3. The lowest BCUT2D eigenvalue weighted by Crippen LogP contribution is -2.19. The quantitative estimate of drug-likeness (QED) is 0.584. The fourth-order valence-corrected chi connectivity index (χ4v) is 4.06. The average Bonchev–Trinajstić information content (AvgIpc) is 2.77. The van der Waals surface area contributed by atoms with Crippen LogP contribution in [-0.4, -0.2) is 15.9 Å². The van der Waals surface area contributed by atoms with Gasteiger partial charge in [-0.1, -0.05) is 62.4 Å². The minimum atomic E-state index is -0.279. The lowest BCUT2D eigenvalue weighted by Gasteiger charge is -2.22. The van der Waals surface area contributed by atoms with E-state index in [4.69, 9.17) is 4.98 Å². The van der Waals surface area contributed by atoms with Crippen LogP contribution in [0.1, 0.15) is 43.4 Å². The molecule has 1 N–H and O–H groups in total. The number of anilines is 1. The van der Waals surface area contributed by atoms with Gasteiger partial charge in [0.05, 0.1) is 24.0 Å². The van der Waals surface area contributed by atoms with Gasteiger partial charge < -0.3 is 5.32 Å². The van der Waals surface area contributed by atoms with E-state index in [1.165, 1.54) is 44.2 Å². The summed E-state index contributed by atoms with van der Waals surface area (Å²) in [6.07, 6.45) is 8.87. The van der Waals surface area contributed by atoms with E-state index < -0.39 is 0 Å². The van der Waals surface area contributed by atoms with Crippen LogP contribution >= 0.6 is 0 Å². The third-order valence-corrected chi connectivity index (χ3v) is 5.66. The number of rotatable bonds is 6. The first kappa shape index (κ1) is 20.2. The third kappa shape index (κ3) is 5.29. The van der Waals surface area contributed by atoms with Gasteiger partial charge in [0.2, 0.25) is 5.91 Å². The lowest BCUT2D eigenvalue weighted by molar-refractivity contribution is -0.115. The highest BCUT2D eigenvalue weighted by atomic mass is 19.1. The van der Waals surface area contributed by atoms with Crippen LogP contribution in [0, 0.1) is 11.7 Å². The second kappa shape index (κ2) is 9.61. The molecule has 0 spiro atoms. The SMILES string of the molecule is O=C(Cc1ccccc1)Nc1ncc(-c2ccc(F)cc2)nc1CC1CCCCC1. The Morgan fingerprint density at radius 2 is 1.73 bits per heavy atom. The Labute approximate surface area is 176 Å². The molecule has 4 nitrogen and oxygen atoms in total. The molecule has 0 aliphatic heterocycles. The average molecular weight is 404 g/mol. The summed E-state index contributed by atoms with van der Waals surface area (Å²) in [4.78, 5) is 22.0. The Hall–Kier alpha value is -3.08. The number of nitrogens with one attached hydrogen (secondary N) is 1. The predicted molar refractivity (Wildman–Crippen MR) is 116 cm³/mol. The van der Waals surface area contributed by atoms with Crippen molar-refractivity contribution in [2.45, 2.75) is 44.9 Å². The molecule has 0 bridgehead atoms. The zero-order chi connectivity index (χ0) is 20.8. The number of carbonyl (C=O) groups is 1. The molecule has 1 aliphatic rings. The summed E-state index contributed by atoms with van der Waals surface area (Å²) >= 11 is 0. The van der Waals surface area contributed by atoms with Crippen LogP contribution in [0.15, 0.2) is 60.8 Å². The highest BCUT2D eigenvalue weighted by Gasteiger charge is 2.19. The highest BCUT2D eigenvalue weighted by Crippen LogP contribution is 2.29. The first-order chi connectivity index (χ1) is 14.7. The number of hydrogen-bond acceptors (Lipinski definition) is 3. The van der Waals surface area contributed by atoms with Gasteiger partial charge in [-0.05, 0) is 42.2 Å². The Kier molecular flexibility index (Phi) is 6.47. The number of halogens is 1. The summed E-state index contributed by atoms with van der Waals surface area (Å²) in [6.45, 7) is 0. The van der Waals surface area contributed by atoms with Gasteiger partial charge in [0, 0.05) is 5.56 Å². The molecule has 0 unspecified atom stereocenters. The van der Waals surface area contributed by atoms with Crippen molar-refractivity contribution in [1.29, 1.82) is 0 Å². The van der Waals surface area contributed by atoms with Gasteiger partial charge in [-0.25, -0.2) is 14.4 Å². The van der Waals surface area contributed by atoms with Gasteiger partial charge in [0.25, 0.3) is 0 Å². The molecule has 0 saturated heterocycles. The van der Waals surface area contributed by atoms with Crippen molar-refractivity contribution in [2.24, 2.45) is 5.92 Å². The molecule has 0 atom stereocenters. The Balaban J connectivity index is 1.57. The fourth-order valence-electron chi connectivity index (χ4n) is 4.06. The van der Waals surface area contributed by atoms with E-state index in [0.717, 1.165) is 23.2 Å². The number of hydrogen-bond donors (Lipinski definition) is 1. The van der Waals surface area contributed by atoms with Crippen LogP contribution in [0.2, 0.25) is 0 Å². The van der Waals surface area contributed by atoms with Crippen LogP contribution in [0.25, 0.3) is 11.3 Å². The zero-order valence-electron chi connectivity index (χ0n) is 17.0. The van der Waals surface area contributed by atoms with Crippen LogP contribution in [-0.2, 0) is 17.6 Å². The summed E-state index contributed by atoms with van der Waals surface area (Å²) in [5, 5.41) is 2.96. The maximum Gasteiger partial charge on any atom is 0.229 e. The van der Waals surface area contributed by atoms with Gasteiger partial charge >= 0.3 is 0 Å². The molecule has 3 aromatic rings. The summed E-state index contributed by atoms with van der Waals surface area (Å²) in [7, 11) is 0. The monoisotopic (exact) mass is 403 g/mol. The number of carbonyl (C=O) groups excluding carboxylic acids is 1. The third-order valence-electron chi connectivity index (χ3n) is 5.66. The Bertz CT molecular complexity index is 983. The van der Waals surface area contributed by atoms with Crippen molar-refractivity contribution in [3.8, 4) is 11.3 Å². The van der Waals surface area contributed by atoms with Crippen LogP contribution in [0.5, 0.6) is 0 Å². The van der Waals surface area contributed by atoms with Crippen LogP contribution < -0.4 is 5.32 Å². The molecule has 1 saturated carbocycles. The maximum absolute atomic E-state index is 13.3. The molecule has 1 aromatic heterocycles. The molecule has 1 fully saturated rings. The summed E-state index contributed by atoms with van der Waals surface area (Å²) in [6, 6.07) is 15.9. The molecule has 154 valence electrons. The van der Waals surface area contributed by atoms with Gasteiger partial charge in [0.1, 0.15) is 5.82 Å². The fraction of sp³-hybridized carbons (Fsp3) is 0.320. The highest BCUT2D eigenvalue weighted by molar-refractivity contribution is 5.92. The molecule has 1 heterocycles. The van der Waals surface area contributed by atoms with E-state index in [-0.39, 0.29) is 11.7 Å². The van der Waals surface area contributed by atoms with Crippen molar-refractivity contribution in [1.82, 2.24) is 9.97 Å². The molecule has 1 amide bonds. The molecular formula is C25H26FN3O. The van der Waals surface area contributed by atoms with Crippen molar-refractivity contribution >= 4 is 11.7 Å². The van der Waals surface area contributed by atoms with Crippen molar-refractivity contribution in [2.75, 3.05) is 5.32 Å². The van der Waals surface area contributed by atoms with E-state index in [9.17, 15) is 9.18 Å². The second-order valence-electron chi connectivity index (χ2n) is 7.98. The van der Waals surface area contributed by atoms with E-state index in [1.54, 1.807) is 18.3 Å².